The third kappa shape index (κ3) is 2.44. The lowest BCUT2D eigenvalue weighted by Crippen LogP contribution is -2.26. The highest BCUT2D eigenvalue weighted by atomic mass is 35.5. The van der Waals surface area contributed by atoms with E-state index in [-0.39, 0.29) is 46.5 Å². The highest BCUT2D eigenvalue weighted by Gasteiger charge is 2.61. The molecule has 1 aromatic carbocycles. The molecule has 5 rings (SSSR count). The molecule has 1 saturated heterocycles. The van der Waals surface area contributed by atoms with Crippen molar-refractivity contribution in [2.24, 2.45) is 11.8 Å². The smallest absolute Gasteiger partial charge is 0.295 e. The van der Waals surface area contributed by atoms with Crippen LogP contribution in [0.5, 0.6) is 0 Å². The third-order valence-corrected chi connectivity index (χ3v) is 5.79. The first-order valence-electron chi connectivity index (χ1n) is 8.54. The Bertz CT molecular complexity index is 1130. The van der Waals surface area contributed by atoms with Crippen LogP contribution in [-0.2, 0) is 16.1 Å². The van der Waals surface area contributed by atoms with Gasteiger partial charge in [-0.3, -0.25) is 4.79 Å². The zero-order chi connectivity index (χ0) is 18.7. The molecule has 2 aliphatic rings. The quantitative estimate of drug-likeness (QED) is 0.637. The van der Waals surface area contributed by atoms with Gasteiger partial charge in [0.2, 0.25) is 0 Å². The van der Waals surface area contributed by atoms with Crippen molar-refractivity contribution in [1.29, 1.82) is 0 Å². The van der Waals surface area contributed by atoms with Crippen LogP contribution >= 0.6 is 11.6 Å². The molecule has 4 atom stereocenters. The Morgan fingerprint density at radius 2 is 2.19 bits per heavy atom. The molecule has 138 valence electrons. The number of hydrogen-bond donors (Lipinski definition) is 0. The Morgan fingerprint density at radius 1 is 1.37 bits per heavy atom. The van der Waals surface area contributed by atoms with Crippen molar-refractivity contribution in [2.75, 3.05) is 6.61 Å². The van der Waals surface area contributed by atoms with E-state index in [9.17, 15) is 14.0 Å². The van der Waals surface area contributed by atoms with E-state index in [2.05, 4.69) is 10.2 Å². The average Bonchev–Trinajstić information content (AvgIpc) is 3.05. The lowest BCUT2D eigenvalue weighted by atomic mass is 10.2. The van der Waals surface area contributed by atoms with Crippen molar-refractivity contribution < 1.29 is 13.9 Å². The van der Waals surface area contributed by atoms with Gasteiger partial charge in [0.1, 0.15) is 23.4 Å². The first-order chi connectivity index (χ1) is 13.1. The van der Waals surface area contributed by atoms with E-state index < -0.39 is 6.10 Å². The van der Waals surface area contributed by atoms with Crippen molar-refractivity contribution in [3.8, 4) is 0 Å². The van der Waals surface area contributed by atoms with Crippen molar-refractivity contribution in [3.63, 3.8) is 0 Å². The normalized spacial score (nSPS) is 26.3. The minimum absolute atomic E-state index is 0.0267. The highest BCUT2D eigenvalue weighted by Crippen LogP contribution is 2.56. The number of ether oxygens (including phenoxy) is 1. The second-order valence-corrected chi connectivity index (χ2v) is 7.22. The standard InChI is InChI=1S/C18H14ClFN4O3/c19-17-10-5-21-24(16-11-8-27-13(7-25)14(11)16)18(26)15(10)22-23(17)6-9-3-1-2-4-12(9)20/h1-5,7,11,13-14,16H,6,8H2/t11-,13-,14-,16+/m0/s1. The molecule has 27 heavy (non-hydrogen) atoms. The summed E-state index contributed by atoms with van der Waals surface area (Å²) in [7, 11) is 0. The molecule has 0 spiro atoms. The van der Waals surface area contributed by atoms with Crippen LogP contribution in [0.15, 0.2) is 35.3 Å². The van der Waals surface area contributed by atoms with Gasteiger partial charge in [0.25, 0.3) is 5.56 Å². The molecule has 0 radical (unpaired) electrons. The van der Waals surface area contributed by atoms with Crippen LogP contribution in [0.2, 0.25) is 5.15 Å². The molecule has 3 aromatic rings. The van der Waals surface area contributed by atoms with Gasteiger partial charge in [-0.1, -0.05) is 29.8 Å². The fraction of sp³-hybridized carbons (Fsp3) is 0.333. The molecule has 2 aromatic heterocycles. The van der Waals surface area contributed by atoms with Crippen molar-refractivity contribution >= 4 is 28.8 Å². The zero-order valence-electron chi connectivity index (χ0n) is 14.0. The number of aldehydes is 1. The average molecular weight is 389 g/mol. The molecule has 0 unspecified atom stereocenters. The molecule has 3 heterocycles. The minimum Gasteiger partial charge on any atom is -0.370 e. The summed E-state index contributed by atoms with van der Waals surface area (Å²) in [4.78, 5) is 24.0. The molecular weight excluding hydrogens is 375 g/mol. The largest absolute Gasteiger partial charge is 0.370 e. The lowest BCUT2D eigenvalue weighted by Gasteiger charge is -2.10. The van der Waals surface area contributed by atoms with Crippen molar-refractivity contribution in [3.05, 3.63) is 57.3 Å². The summed E-state index contributed by atoms with van der Waals surface area (Å²) in [5, 5.41) is 9.19. The number of benzene rings is 1. The maximum Gasteiger partial charge on any atom is 0.295 e. The van der Waals surface area contributed by atoms with Crippen LogP contribution in [0, 0.1) is 17.7 Å². The van der Waals surface area contributed by atoms with Crippen LogP contribution in [0.3, 0.4) is 0 Å². The third-order valence-electron chi connectivity index (χ3n) is 5.39. The summed E-state index contributed by atoms with van der Waals surface area (Å²) in [5.74, 6) is -0.283. The fourth-order valence-corrected chi connectivity index (χ4v) is 4.19. The van der Waals surface area contributed by atoms with Gasteiger partial charge in [0, 0.05) is 17.4 Å². The van der Waals surface area contributed by atoms with Crippen LogP contribution in [0.25, 0.3) is 10.9 Å². The van der Waals surface area contributed by atoms with E-state index in [0.29, 0.717) is 17.6 Å². The van der Waals surface area contributed by atoms with E-state index in [4.69, 9.17) is 16.3 Å². The Balaban J connectivity index is 1.53. The summed E-state index contributed by atoms with van der Waals surface area (Å²) in [6, 6.07) is 6.16. The van der Waals surface area contributed by atoms with Gasteiger partial charge < -0.3 is 9.53 Å². The predicted octanol–water partition coefficient (Wildman–Crippen LogP) is 1.82. The number of hydrogen-bond acceptors (Lipinski definition) is 5. The lowest BCUT2D eigenvalue weighted by molar-refractivity contribution is -0.117. The second kappa shape index (κ2) is 5.97. The van der Waals surface area contributed by atoms with E-state index >= 15 is 0 Å². The molecule has 7 nitrogen and oxygen atoms in total. The molecule has 1 aliphatic carbocycles. The topological polar surface area (TPSA) is 79.0 Å². The SMILES string of the molecule is O=C[C@@H]1OC[C@H]2[C@@H]1[C@@H]2n1ncc2c(Cl)n(Cc3ccccc3F)nc2c1=O. The summed E-state index contributed by atoms with van der Waals surface area (Å²) in [5.41, 5.74) is 0.230. The summed E-state index contributed by atoms with van der Waals surface area (Å²) >= 11 is 6.34. The minimum atomic E-state index is -0.494. The van der Waals surface area contributed by atoms with E-state index in [1.165, 1.54) is 21.6 Å². The van der Waals surface area contributed by atoms with Crippen LogP contribution in [-0.4, -0.2) is 38.6 Å². The number of carbonyl (C=O) groups is 1. The monoisotopic (exact) mass is 388 g/mol. The number of fused-ring (bicyclic) bond motifs is 2. The molecule has 2 fully saturated rings. The van der Waals surface area contributed by atoms with Crippen molar-refractivity contribution in [1.82, 2.24) is 19.6 Å². The van der Waals surface area contributed by atoms with E-state index in [0.717, 1.165) is 6.29 Å². The first kappa shape index (κ1) is 16.6. The number of nitrogens with zero attached hydrogens (tertiary/aromatic N) is 4. The number of carbonyl (C=O) groups excluding carboxylic acids is 1. The van der Waals surface area contributed by atoms with Gasteiger partial charge in [-0.2, -0.15) is 10.2 Å². The highest BCUT2D eigenvalue weighted by molar-refractivity contribution is 6.34. The maximum atomic E-state index is 13.9. The molecule has 1 aliphatic heterocycles. The Labute approximate surface area is 157 Å². The summed E-state index contributed by atoms with van der Waals surface area (Å²) < 4.78 is 22.0. The Kier molecular flexibility index (Phi) is 3.66. The van der Waals surface area contributed by atoms with Gasteiger partial charge in [-0.25, -0.2) is 13.8 Å². The molecule has 9 heteroatoms. The number of rotatable bonds is 4. The van der Waals surface area contributed by atoms with E-state index in [1.807, 2.05) is 0 Å². The van der Waals surface area contributed by atoms with Crippen molar-refractivity contribution in [2.45, 2.75) is 18.7 Å². The zero-order valence-corrected chi connectivity index (χ0v) is 14.7. The first-order valence-corrected chi connectivity index (χ1v) is 8.92. The molecule has 0 bridgehead atoms. The van der Waals surface area contributed by atoms with Gasteiger partial charge in [-0.15, -0.1) is 0 Å². The molecule has 0 N–H and O–H groups in total. The molecule has 1 saturated carbocycles. The summed E-state index contributed by atoms with van der Waals surface area (Å²) in [6.45, 7) is 0.544. The van der Waals surface area contributed by atoms with Gasteiger partial charge in [0.05, 0.1) is 30.8 Å². The van der Waals surface area contributed by atoms with Gasteiger partial charge >= 0.3 is 0 Å². The van der Waals surface area contributed by atoms with Gasteiger partial charge in [0.15, 0.2) is 5.52 Å². The second-order valence-electron chi connectivity index (χ2n) is 6.86. The maximum absolute atomic E-state index is 13.9. The van der Waals surface area contributed by atoms with Gasteiger partial charge in [-0.05, 0) is 6.07 Å². The van der Waals surface area contributed by atoms with E-state index in [1.54, 1.807) is 18.2 Å². The summed E-state index contributed by atoms with van der Waals surface area (Å²) in [6.07, 6.45) is 1.77. The van der Waals surface area contributed by atoms with Crippen LogP contribution in [0.1, 0.15) is 11.6 Å². The Hall–Kier alpha value is -2.58. The van der Waals surface area contributed by atoms with Crippen LogP contribution < -0.4 is 5.56 Å². The predicted molar refractivity (Wildman–Crippen MR) is 94.1 cm³/mol. The number of halogens is 2. The fourth-order valence-electron chi connectivity index (χ4n) is 3.95. The number of aromatic nitrogens is 4. The Morgan fingerprint density at radius 3 is 2.96 bits per heavy atom. The van der Waals surface area contributed by atoms with Crippen LogP contribution in [0.4, 0.5) is 4.39 Å². The molecular formula is C18H14ClFN4O3. The molecule has 0 amide bonds.